The van der Waals surface area contributed by atoms with E-state index in [-0.39, 0.29) is 11.4 Å². The Hall–Kier alpha value is -0.570. The van der Waals surface area contributed by atoms with Gasteiger partial charge < -0.3 is 10.6 Å². The van der Waals surface area contributed by atoms with Gasteiger partial charge in [-0.05, 0) is 19.9 Å². The van der Waals surface area contributed by atoms with Crippen LogP contribution in [0.2, 0.25) is 0 Å². The molecule has 0 aliphatic carbocycles. The highest BCUT2D eigenvalue weighted by Gasteiger charge is 2.29. The van der Waals surface area contributed by atoms with Crippen LogP contribution in [0.5, 0.6) is 0 Å². The summed E-state index contributed by atoms with van der Waals surface area (Å²) in [6.45, 7) is 5.88. The van der Waals surface area contributed by atoms with Crippen LogP contribution in [0.15, 0.2) is 0 Å². The Labute approximate surface area is 67.5 Å². The van der Waals surface area contributed by atoms with Crippen molar-refractivity contribution in [3.63, 3.8) is 0 Å². The minimum absolute atomic E-state index is 0.00704. The Balaban J connectivity index is 2.39. The van der Waals surface area contributed by atoms with Crippen LogP contribution in [0.4, 0.5) is 0 Å². The second kappa shape index (κ2) is 3.22. The second-order valence-corrected chi connectivity index (χ2v) is 3.39. The molecule has 1 fully saturated rings. The maximum absolute atomic E-state index is 11.0. The van der Waals surface area contributed by atoms with Crippen LogP contribution in [0, 0.1) is 0 Å². The van der Waals surface area contributed by atoms with Gasteiger partial charge in [0.2, 0.25) is 5.91 Å². The summed E-state index contributed by atoms with van der Waals surface area (Å²) in [6.07, 6.45) is 1.62. The molecule has 0 saturated carbocycles. The van der Waals surface area contributed by atoms with E-state index in [1.165, 1.54) is 0 Å². The van der Waals surface area contributed by atoms with Crippen LogP contribution in [-0.2, 0) is 4.79 Å². The molecule has 1 aliphatic rings. The Morgan fingerprint density at radius 1 is 1.73 bits per heavy atom. The second-order valence-electron chi connectivity index (χ2n) is 3.39. The van der Waals surface area contributed by atoms with Gasteiger partial charge >= 0.3 is 0 Å². The van der Waals surface area contributed by atoms with Crippen molar-refractivity contribution in [3.05, 3.63) is 0 Å². The zero-order valence-electron chi connectivity index (χ0n) is 7.24. The molecule has 0 aromatic carbocycles. The molecule has 1 atom stereocenters. The highest BCUT2D eigenvalue weighted by Crippen LogP contribution is 2.12. The Morgan fingerprint density at radius 2 is 2.45 bits per heavy atom. The zero-order chi connectivity index (χ0) is 8.32. The van der Waals surface area contributed by atoms with Gasteiger partial charge in [0.05, 0.1) is 5.54 Å². The molecule has 0 radical (unpaired) electrons. The van der Waals surface area contributed by atoms with Gasteiger partial charge in [0, 0.05) is 13.0 Å². The van der Waals surface area contributed by atoms with E-state index in [1.807, 2.05) is 6.92 Å². The van der Waals surface area contributed by atoms with Crippen molar-refractivity contribution in [3.8, 4) is 0 Å². The van der Waals surface area contributed by atoms with Gasteiger partial charge in [0.15, 0.2) is 0 Å². The van der Waals surface area contributed by atoms with E-state index in [1.54, 1.807) is 0 Å². The molecule has 1 amide bonds. The van der Waals surface area contributed by atoms with Gasteiger partial charge in [0.25, 0.3) is 0 Å². The lowest BCUT2D eigenvalue weighted by molar-refractivity contribution is -0.122. The number of carbonyl (C=O) groups is 1. The number of hydrogen-bond donors (Lipinski definition) is 2. The zero-order valence-corrected chi connectivity index (χ0v) is 7.24. The predicted octanol–water partition coefficient (Wildman–Crippen LogP) is 0.265. The lowest BCUT2D eigenvalue weighted by Gasteiger charge is -2.23. The molecule has 2 N–H and O–H groups in total. The summed E-state index contributed by atoms with van der Waals surface area (Å²) in [4.78, 5) is 11.0. The van der Waals surface area contributed by atoms with E-state index in [4.69, 9.17) is 0 Å². The third kappa shape index (κ3) is 2.19. The van der Waals surface area contributed by atoms with E-state index in [0.29, 0.717) is 6.42 Å². The summed E-state index contributed by atoms with van der Waals surface area (Å²) < 4.78 is 0. The molecule has 3 nitrogen and oxygen atoms in total. The van der Waals surface area contributed by atoms with E-state index >= 15 is 0 Å². The minimum Gasteiger partial charge on any atom is -0.350 e. The van der Waals surface area contributed by atoms with Crippen molar-refractivity contribution in [2.75, 3.05) is 13.1 Å². The maximum atomic E-state index is 11.0. The summed E-state index contributed by atoms with van der Waals surface area (Å²) in [5.74, 6) is 0.149. The van der Waals surface area contributed by atoms with Gasteiger partial charge in [-0.2, -0.15) is 0 Å². The van der Waals surface area contributed by atoms with Crippen LogP contribution in [0.1, 0.15) is 26.7 Å². The average molecular weight is 156 g/mol. The number of nitrogens with one attached hydrogen (secondary N) is 2. The molecular formula is C8H16N2O. The first-order valence-electron chi connectivity index (χ1n) is 4.18. The average Bonchev–Trinajstić information content (AvgIpc) is 2.36. The van der Waals surface area contributed by atoms with Crippen molar-refractivity contribution in [1.29, 1.82) is 0 Å². The molecule has 0 aromatic rings. The standard InChI is InChI=1S/C8H16N2O/c1-3-7(11)10-8(2)4-5-9-6-8/h9H,3-6H2,1-2H3,(H,10,11). The summed E-state index contributed by atoms with van der Waals surface area (Å²) in [7, 11) is 0. The smallest absolute Gasteiger partial charge is 0.220 e. The molecule has 11 heavy (non-hydrogen) atoms. The summed E-state index contributed by atoms with van der Waals surface area (Å²) in [5.41, 5.74) is 0.00704. The van der Waals surface area contributed by atoms with E-state index in [2.05, 4.69) is 17.6 Å². The molecular weight excluding hydrogens is 140 g/mol. The van der Waals surface area contributed by atoms with E-state index in [0.717, 1.165) is 19.5 Å². The van der Waals surface area contributed by atoms with Gasteiger partial charge in [0.1, 0.15) is 0 Å². The first-order valence-corrected chi connectivity index (χ1v) is 4.18. The van der Waals surface area contributed by atoms with E-state index in [9.17, 15) is 4.79 Å². The molecule has 0 bridgehead atoms. The van der Waals surface area contributed by atoms with Gasteiger partial charge in [-0.15, -0.1) is 0 Å². The molecule has 1 aliphatic heterocycles. The Morgan fingerprint density at radius 3 is 2.91 bits per heavy atom. The van der Waals surface area contributed by atoms with Crippen molar-refractivity contribution in [2.24, 2.45) is 0 Å². The van der Waals surface area contributed by atoms with Crippen molar-refractivity contribution >= 4 is 5.91 Å². The van der Waals surface area contributed by atoms with Crippen LogP contribution >= 0.6 is 0 Å². The van der Waals surface area contributed by atoms with Gasteiger partial charge in [-0.25, -0.2) is 0 Å². The van der Waals surface area contributed by atoms with Crippen LogP contribution < -0.4 is 10.6 Å². The summed E-state index contributed by atoms with van der Waals surface area (Å²) in [5, 5.41) is 6.23. The largest absolute Gasteiger partial charge is 0.350 e. The molecule has 0 spiro atoms. The molecule has 1 saturated heterocycles. The molecule has 1 unspecified atom stereocenters. The third-order valence-corrected chi connectivity index (χ3v) is 2.13. The van der Waals surface area contributed by atoms with Crippen LogP contribution in [0.3, 0.4) is 0 Å². The molecule has 3 heteroatoms. The number of rotatable bonds is 2. The van der Waals surface area contributed by atoms with Crippen molar-refractivity contribution in [2.45, 2.75) is 32.2 Å². The van der Waals surface area contributed by atoms with Gasteiger partial charge in [-0.1, -0.05) is 6.92 Å². The summed E-state index contributed by atoms with van der Waals surface area (Å²) >= 11 is 0. The highest BCUT2D eigenvalue weighted by molar-refractivity contribution is 5.76. The molecule has 1 heterocycles. The number of amides is 1. The Kier molecular flexibility index (Phi) is 2.49. The lowest BCUT2D eigenvalue weighted by Crippen LogP contribution is -2.47. The van der Waals surface area contributed by atoms with Crippen molar-refractivity contribution < 1.29 is 4.79 Å². The van der Waals surface area contributed by atoms with Crippen LogP contribution in [0.25, 0.3) is 0 Å². The summed E-state index contributed by atoms with van der Waals surface area (Å²) in [6, 6.07) is 0. The minimum atomic E-state index is 0.00704. The monoisotopic (exact) mass is 156 g/mol. The third-order valence-electron chi connectivity index (χ3n) is 2.13. The van der Waals surface area contributed by atoms with Gasteiger partial charge in [-0.3, -0.25) is 4.79 Å². The highest BCUT2D eigenvalue weighted by atomic mass is 16.1. The molecule has 0 aromatic heterocycles. The molecule has 1 rings (SSSR count). The normalized spacial score (nSPS) is 30.4. The number of carbonyl (C=O) groups excluding carboxylic acids is 1. The first kappa shape index (κ1) is 8.53. The predicted molar refractivity (Wildman–Crippen MR) is 44.3 cm³/mol. The quantitative estimate of drug-likeness (QED) is 0.602. The topological polar surface area (TPSA) is 41.1 Å². The fourth-order valence-corrected chi connectivity index (χ4v) is 1.35. The first-order chi connectivity index (χ1) is 5.16. The van der Waals surface area contributed by atoms with Crippen LogP contribution in [-0.4, -0.2) is 24.5 Å². The fraction of sp³-hybridized carbons (Fsp3) is 0.875. The van der Waals surface area contributed by atoms with Crippen molar-refractivity contribution in [1.82, 2.24) is 10.6 Å². The Bertz CT molecular complexity index is 150. The fourth-order valence-electron chi connectivity index (χ4n) is 1.35. The van der Waals surface area contributed by atoms with E-state index < -0.39 is 0 Å². The molecule has 64 valence electrons. The maximum Gasteiger partial charge on any atom is 0.220 e. The SMILES string of the molecule is CCC(=O)NC1(C)CCNC1. The lowest BCUT2D eigenvalue weighted by atomic mass is 10.0. The number of hydrogen-bond acceptors (Lipinski definition) is 2.